The predicted octanol–water partition coefficient (Wildman–Crippen LogP) is 4.53. The number of para-hydroxylation sites is 1. The maximum atomic E-state index is 9.81. The SMILES string of the molecule is Cc1ncc(C2CCC(O)CC2)c(OC[C@H]2C[C@H]2c2ccc3ccccc3n2)n1. The number of fused-ring (bicyclic) bond motifs is 1. The molecule has 2 aliphatic carbocycles. The highest BCUT2D eigenvalue weighted by Crippen LogP contribution is 2.47. The number of aromatic nitrogens is 3. The molecule has 0 saturated heterocycles. The largest absolute Gasteiger partial charge is 0.477 e. The molecular weight excluding hydrogens is 362 g/mol. The summed E-state index contributed by atoms with van der Waals surface area (Å²) in [4.78, 5) is 13.8. The van der Waals surface area contributed by atoms with Crippen molar-refractivity contribution in [2.45, 2.75) is 57.0 Å². The second-order valence-electron chi connectivity index (χ2n) is 8.53. The molecule has 0 radical (unpaired) electrons. The Morgan fingerprint density at radius 1 is 1.03 bits per heavy atom. The van der Waals surface area contributed by atoms with Gasteiger partial charge in [-0.2, -0.15) is 4.98 Å². The number of nitrogens with zero attached hydrogens (tertiary/aromatic N) is 3. The van der Waals surface area contributed by atoms with Gasteiger partial charge in [0.15, 0.2) is 0 Å². The van der Waals surface area contributed by atoms with E-state index in [2.05, 4.69) is 34.2 Å². The van der Waals surface area contributed by atoms with Gasteiger partial charge in [0, 0.05) is 34.7 Å². The van der Waals surface area contributed by atoms with Crippen LogP contribution in [0, 0.1) is 12.8 Å². The number of hydrogen-bond donors (Lipinski definition) is 1. The second kappa shape index (κ2) is 7.71. The molecule has 2 heterocycles. The Balaban J connectivity index is 1.26. The average Bonchev–Trinajstić information content (AvgIpc) is 3.52. The van der Waals surface area contributed by atoms with Gasteiger partial charge in [0.2, 0.25) is 5.88 Å². The van der Waals surface area contributed by atoms with Gasteiger partial charge in [0.25, 0.3) is 0 Å². The lowest BCUT2D eigenvalue weighted by Crippen LogP contribution is -2.18. The standard InChI is InChI=1S/C24H27N3O2/c1-15-25-13-21(16-6-9-19(28)10-7-16)24(26-15)29-14-18-12-20(18)23-11-8-17-4-2-3-5-22(17)27-23/h2-5,8,11,13,16,18-20,28H,6-7,9-10,12,14H2,1H3/t16?,18-,19?,20-/m1/s1. The van der Waals surface area contributed by atoms with E-state index in [1.165, 1.54) is 5.39 Å². The van der Waals surface area contributed by atoms with Crippen molar-refractivity contribution < 1.29 is 9.84 Å². The molecule has 0 unspecified atom stereocenters. The molecule has 1 N–H and O–H groups in total. The number of aryl methyl sites for hydroxylation is 1. The minimum absolute atomic E-state index is 0.163. The first-order valence-corrected chi connectivity index (χ1v) is 10.7. The van der Waals surface area contributed by atoms with Gasteiger partial charge < -0.3 is 9.84 Å². The van der Waals surface area contributed by atoms with Crippen LogP contribution in [-0.2, 0) is 0 Å². The van der Waals surface area contributed by atoms with Gasteiger partial charge in [-0.05, 0) is 57.1 Å². The molecule has 0 bridgehead atoms. The van der Waals surface area contributed by atoms with Gasteiger partial charge in [-0.15, -0.1) is 0 Å². The summed E-state index contributed by atoms with van der Waals surface area (Å²) >= 11 is 0. The zero-order chi connectivity index (χ0) is 19.8. The van der Waals surface area contributed by atoms with Gasteiger partial charge in [-0.1, -0.05) is 24.3 Å². The topological polar surface area (TPSA) is 68.1 Å². The smallest absolute Gasteiger partial charge is 0.220 e. The van der Waals surface area contributed by atoms with Gasteiger partial charge in [0.05, 0.1) is 18.2 Å². The average molecular weight is 389 g/mol. The summed E-state index contributed by atoms with van der Waals surface area (Å²) in [5, 5.41) is 11.0. The quantitative estimate of drug-likeness (QED) is 0.694. The highest BCUT2D eigenvalue weighted by molar-refractivity contribution is 5.78. The molecule has 2 atom stereocenters. The van der Waals surface area contributed by atoms with E-state index in [0.717, 1.165) is 60.6 Å². The van der Waals surface area contributed by atoms with Crippen LogP contribution >= 0.6 is 0 Å². The van der Waals surface area contributed by atoms with Crippen LogP contribution in [0.2, 0.25) is 0 Å². The third-order valence-corrected chi connectivity index (χ3v) is 6.39. The third kappa shape index (κ3) is 3.97. The third-order valence-electron chi connectivity index (χ3n) is 6.39. The summed E-state index contributed by atoms with van der Waals surface area (Å²) in [6.45, 7) is 2.57. The highest BCUT2D eigenvalue weighted by atomic mass is 16.5. The fourth-order valence-electron chi connectivity index (χ4n) is 4.51. The van der Waals surface area contributed by atoms with Crippen LogP contribution < -0.4 is 4.74 Å². The molecule has 2 saturated carbocycles. The van der Waals surface area contributed by atoms with Crippen molar-refractivity contribution in [3.63, 3.8) is 0 Å². The fraction of sp³-hybridized carbons (Fsp3) is 0.458. The Morgan fingerprint density at radius 3 is 2.72 bits per heavy atom. The normalized spacial score (nSPS) is 26.4. The fourth-order valence-corrected chi connectivity index (χ4v) is 4.51. The van der Waals surface area contributed by atoms with Crippen molar-refractivity contribution in [2.75, 3.05) is 6.61 Å². The first-order valence-electron chi connectivity index (χ1n) is 10.7. The number of benzene rings is 1. The summed E-state index contributed by atoms with van der Waals surface area (Å²) in [5.41, 5.74) is 3.32. The van der Waals surface area contributed by atoms with E-state index in [1.54, 1.807) is 0 Å². The van der Waals surface area contributed by atoms with Crippen LogP contribution in [-0.4, -0.2) is 32.8 Å². The molecule has 0 aliphatic heterocycles. The van der Waals surface area contributed by atoms with E-state index in [9.17, 15) is 5.11 Å². The van der Waals surface area contributed by atoms with Crippen molar-refractivity contribution in [2.24, 2.45) is 5.92 Å². The van der Waals surface area contributed by atoms with Gasteiger partial charge in [-0.3, -0.25) is 4.98 Å². The Hall–Kier alpha value is -2.53. The minimum atomic E-state index is -0.163. The zero-order valence-electron chi connectivity index (χ0n) is 16.8. The molecule has 5 nitrogen and oxygen atoms in total. The Kier molecular flexibility index (Phi) is 4.92. The van der Waals surface area contributed by atoms with E-state index in [4.69, 9.17) is 9.72 Å². The van der Waals surface area contributed by atoms with Crippen LogP contribution in [0.3, 0.4) is 0 Å². The lowest BCUT2D eigenvalue weighted by atomic mass is 9.83. The summed E-state index contributed by atoms with van der Waals surface area (Å²) < 4.78 is 6.22. The number of rotatable bonds is 5. The molecule has 1 aromatic carbocycles. The van der Waals surface area contributed by atoms with Crippen molar-refractivity contribution in [3.8, 4) is 5.88 Å². The van der Waals surface area contributed by atoms with E-state index in [-0.39, 0.29) is 6.10 Å². The molecule has 0 amide bonds. The molecule has 150 valence electrons. The van der Waals surface area contributed by atoms with E-state index >= 15 is 0 Å². The Morgan fingerprint density at radius 2 is 1.86 bits per heavy atom. The zero-order valence-corrected chi connectivity index (χ0v) is 16.8. The first-order chi connectivity index (χ1) is 14.2. The first kappa shape index (κ1) is 18.5. The van der Waals surface area contributed by atoms with E-state index in [0.29, 0.717) is 24.4 Å². The molecule has 5 rings (SSSR count). The van der Waals surface area contributed by atoms with Crippen LogP contribution in [0.1, 0.15) is 61.0 Å². The molecule has 29 heavy (non-hydrogen) atoms. The monoisotopic (exact) mass is 389 g/mol. The van der Waals surface area contributed by atoms with Crippen molar-refractivity contribution in [3.05, 3.63) is 59.7 Å². The molecule has 3 aromatic rings. The van der Waals surface area contributed by atoms with Crippen LogP contribution in [0.5, 0.6) is 5.88 Å². The predicted molar refractivity (Wildman–Crippen MR) is 112 cm³/mol. The van der Waals surface area contributed by atoms with Crippen LogP contribution in [0.25, 0.3) is 10.9 Å². The number of hydrogen-bond acceptors (Lipinski definition) is 5. The number of aliphatic hydroxyl groups excluding tert-OH is 1. The van der Waals surface area contributed by atoms with Crippen LogP contribution in [0.4, 0.5) is 0 Å². The van der Waals surface area contributed by atoms with E-state index in [1.807, 2.05) is 25.3 Å². The van der Waals surface area contributed by atoms with E-state index < -0.39 is 0 Å². The van der Waals surface area contributed by atoms with Gasteiger partial charge in [0.1, 0.15) is 5.82 Å². The Bertz CT molecular complexity index is 1010. The number of ether oxygens (including phenoxy) is 1. The second-order valence-corrected chi connectivity index (χ2v) is 8.53. The molecule has 2 fully saturated rings. The molecule has 0 spiro atoms. The van der Waals surface area contributed by atoms with Gasteiger partial charge >= 0.3 is 0 Å². The minimum Gasteiger partial charge on any atom is -0.477 e. The maximum absolute atomic E-state index is 9.81. The summed E-state index contributed by atoms with van der Waals surface area (Å²) in [6, 6.07) is 12.6. The lowest BCUT2D eigenvalue weighted by Gasteiger charge is -2.26. The van der Waals surface area contributed by atoms with Crippen LogP contribution in [0.15, 0.2) is 42.6 Å². The molecular formula is C24H27N3O2. The van der Waals surface area contributed by atoms with Crippen molar-refractivity contribution in [1.82, 2.24) is 15.0 Å². The Labute approximate surface area is 171 Å². The molecule has 2 aliphatic rings. The van der Waals surface area contributed by atoms with Crippen molar-refractivity contribution in [1.29, 1.82) is 0 Å². The molecule has 5 heteroatoms. The van der Waals surface area contributed by atoms with Gasteiger partial charge in [-0.25, -0.2) is 4.98 Å². The maximum Gasteiger partial charge on any atom is 0.220 e. The highest BCUT2D eigenvalue weighted by Gasteiger charge is 2.40. The number of aliphatic hydroxyl groups is 1. The number of pyridine rings is 1. The molecule has 2 aromatic heterocycles. The summed E-state index contributed by atoms with van der Waals surface area (Å²) in [5.74, 6) is 2.81. The van der Waals surface area contributed by atoms with Crippen molar-refractivity contribution >= 4 is 10.9 Å². The lowest BCUT2D eigenvalue weighted by molar-refractivity contribution is 0.121. The summed E-state index contributed by atoms with van der Waals surface area (Å²) in [6.07, 6.45) is 6.50. The summed E-state index contributed by atoms with van der Waals surface area (Å²) in [7, 11) is 0.